The normalized spacial score (nSPS) is 10.2. The van der Waals surface area contributed by atoms with Crippen LogP contribution in [0.15, 0.2) is 29.9 Å². The quantitative estimate of drug-likeness (QED) is 0.671. The molecule has 0 radical (unpaired) electrons. The Labute approximate surface area is 93.1 Å². The molecule has 0 unspecified atom stereocenters. The monoisotopic (exact) mass is 303 g/mol. The van der Waals surface area contributed by atoms with Gasteiger partial charge in [-0.3, -0.25) is 4.79 Å². The molecule has 0 amide bonds. The molecule has 0 atom stereocenters. The molecule has 2 aromatic rings. The first kappa shape index (κ1) is 8.96. The molecular weight excluding hydrogens is 297 g/mol. The van der Waals surface area contributed by atoms with Crippen molar-refractivity contribution < 1.29 is 4.79 Å². The molecule has 0 aliphatic rings. The number of H-pyrrole nitrogens is 1. The van der Waals surface area contributed by atoms with Gasteiger partial charge in [-0.2, -0.15) is 0 Å². The third-order valence-electron chi connectivity index (χ3n) is 1.69. The van der Waals surface area contributed by atoms with E-state index in [0.717, 1.165) is 8.45 Å². The molecule has 0 saturated heterocycles. The molecule has 4 heteroatoms. The van der Waals surface area contributed by atoms with Gasteiger partial charge in [-0.1, -0.05) is 0 Å². The Morgan fingerprint density at radius 2 is 2.31 bits per heavy atom. The zero-order valence-corrected chi connectivity index (χ0v) is 9.56. The third kappa shape index (κ3) is 1.83. The molecule has 0 aliphatic heterocycles. The fourth-order valence-corrected chi connectivity index (χ4v) is 2.39. The first-order valence-electron chi connectivity index (χ1n) is 3.69. The number of thiophene rings is 1. The van der Waals surface area contributed by atoms with Gasteiger partial charge in [0.25, 0.3) is 0 Å². The second-order valence-corrected chi connectivity index (χ2v) is 5.37. The summed E-state index contributed by atoms with van der Waals surface area (Å²) >= 11 is 3.80. The van der Waals surface area contributed by atoms with E-state index in [0.29, 0.717) is 5.56 Å². The number of carbonyl (C=O) groups is 1. The summed E-state index contributed by atoms with van der Waals surface area (Å²) in [6.45, 7) is 0. The molecule has 0 spiro atoms. The van der Waals surface area contributed by atoms with Gasteiger partial charge in [-0.15, -0.1) is 11.3 Å². The van der Waals surface area contributed by atoms with Crippen LogP contribution in [0, 0.1) is 2.88 Å². The molecular formula is C9H6INOS. The molecule has 1 N–H and O–H groups in total. The summed E-state index contributed by atoms with van der Waals surface area (Å²) in [5.74, 6) is 0.0837. The van der Waals surface area contributed by atoms with Crippen molar-refractivity contribution in [1.29, 1.82) is 0 Å². The highest BCUT2D eigenvalue weighted by Crippen LogP contribution is 2.19. The van der Waals surface area contributed by atoms with Gasteiger partial charge in [0.15, 0.2) is 5.78 Å². The van der Waals surface area contributed by atoms with Gasteiger partial charge in [-0.05, 0) is 34.7 Å². The Kier molecular flexibility index (Phi) is 2.50. The van der Waals surface area contributed by atoms with Gasteiger partial charge in [0.2, 0.25) is 0 Å². The summed E-state index contributed by atoms with van der Waals surface area (Å²) in [7, 11) is 0. The number of hydrogen-bond acceptors (Lipinski definition) is 2. The number of hydrogen-bond donors (Lipinski definition) is 1. The zero-order valence-electron chi connectivity index (χ0n) is 6.58. The minimum absolute atomic E-state index is 0.0837. The van der Waals surface area contributed by atoms with Gasteiger partial charge in [-0.25, -0.2) is 0 Å². The average Bonchev–Trinajstić information content (AvgIpc) is 2.72. The van der Waals surface area contributed by atoms with Crippen molar-refractivity contribution in [1.82, 2.24) is 4.98 Å². The minimum atomic E-state index is 0.0837. The Morgan fingerprint density at radius 3 is 2.85 bits per heavy atom. The summed E-state index contributed by atoms with van der Waals surface area (Å²) in [4.78, 5) is 14.6. The van der Waals surface area contributed by atoms with Gasteiger partial charge in [0, 0.05) is 28.9 Å². The Balaban J connectivity index is 2.33. The summed E-state index contributed by atoms with van der Waals surface area (Å²) in [5.41, 5.74) is 1.49. The lowest BCUT2D eigenvalue weighted by atomic mass is 10.1. The van der Waals surface area contributed by atoms with Crippen LogP contribution in [-0.4, -0.2) is 10.8 Å². The standard InChI is InChI=1S/C9H6INOS/c10-8-3-7(5-13-8)9(12)6-1-2-11-4-6/h1-5,11H. The zero-order chi connectivity index (χ0) is 9.26. The van der Waals surface area contributed by atoms with Crippen LogP contribution in [0.5, 0.6) is 0 Å². The van der Waals surface area contributed by atoms with E-state index < -0.39 is 0 Å². The fraction of sp³-hybridized carbons (Fsp3) is 0. The molecule has 0 bridgehead atoms. The van der Waals surface area contributed by atoms with Crippen molar-refractivity contribution in [3.8, 4) is 0 Å². The first-order valence-corrected chi connectivity index (χ1v) is 5.65. The van der Waals surface area contributed by atoms with E-state index in [-0.39, 0.29) is 5.78 Å². The van der Waals surface area contributed by atoms with Crippen molar-refractivity contribution in [2.75, 3.05) is 0 Å². The number of carbonyl (C=O) groups excluding carboxylic acids is 1. The maximum atomic E-state index is 11.7. The molecule has 0 saturated carbocycles. The van der Waals surface area contributed by atoms with E-state index in [9.17, 15) is 4.79 Å². The lowest BCUT2D eigenvalue weighted by Gasteiger charge is -1.90. The number of aromatic nitrogens is 1. The number of rotatable bonds is 2. The predicted octanol–water partition coefficient (Wildman–Crippen LogP) is 2.91. The van der Waals surface area contributed by atoms with Crippen LogP contribution in [0.4, 0.5) is 0 Å². The Morgan fingerprint density at radius 1 is 1.46 bits per heavy atom. The van der Waals surface area contributed by atoms with Crippen molar-refractivity contribution in [3.05, 3.63) is 43.9 Å². The molecule has 2 heterocycles. The Bertz CT molecular complexity index is 419. The average molecular weight is 303 g/mol. The summed E-state index contributed by atoms with van der Waals surface area (Å²) in [6, 6.07) is 3.69. The molecule has 0 aliphatic carbocycles. The van der Waals surface area contributed by atoms with Crippen LogP contribution in [0.25, 0.3) is 0 Å². The van der Waals surface area contributed by atoms with E-state index in [1.807, 2.05) is 11.4 Å². The predicted molar refractivity (Wildman–Crippen MR) is 61.3 cm³/mol. The Hall–Kier alpha value is -0.620. The molecule has 66 valence electrons. The highest BCUT2D eigenvalue weighted by Gasteiger charge is 2.10. The largest absolute Gasteiger partial charge is 0.367 e. The number of halogens is 1. The van der Waals surface area contributed by atoms with Crippen molar-refractivity contribution in [2.45, 2.75) is 0 Å². The van der Waals surface area contributed by atoms with E-state index in [1.165, 1.54) is 0 Å². The number of ketones is 1. The van der Waals surface area contributed by atoms with Gasteiger partial charge in [0.05, 0.1) is 2.88 Å². The SMILES string of the molecule is O=C(c1cc[nH]c1)c1csc(I)c1. The van der Waals surface area contributed by atoms with Gasteiger partial charge >= 0.3 is 0 Å². The van der Waals surface area contributed by atoms with Crippen molar-refractivity contribution in [2.24, 2.45) is 0 Å². The highest BCUT2D eigenvalue weighted by atomic mass is 127. The molecule has 0 aromatic carbocycles. The lowest BCUT2D eigenvalue weighted by Crippen LogP contribution is -1.96. The highest BCUT2D eigenvalue weighted by molar-refractivity contribution is 14.1. The molecule has 13 heavy (non-hydrogen) atoms. The van der Waals surface area contributed by atoms with Crippen LogP contribution < -0.4 is 0 Å². The first-order chi connectivity index (χ1) is 6.27. The minimum Gasteiger partial charge on any atom is -0.367 e. The van der Waals surface area contributed by atoms with Crippen LogP contribution in [0.3, 0.4) is 0 Å². The molecule has 2 rings (SSSR count). The number of aromatic amines is 1. The molecule has 2 aromatic heterocycles. The van der Waals surface area contributed by atoms with Gasteiger partial charge < -0.3 is 4.98 Å². The van der Waals surface area contributed by atoms with Gasteiger partial charge in [0.1, 0.15) is 0 Å². The van der Waals surface area contributed by atoms with E-state index in [2.05, 4.69) is 27.6 Å². The van der Waals surface area contributed by atoms with Crippen molar-refractivity contribution in [3.63, 3.8) is 0 Å². The van der Waals surface area contributed by atoms with E-state index >= 15 is 0 Å². The van der Waals surface area contributed by atoms with Crippen molar-refractivity contribution >= 4 is 39.7 Å². The molecule has 2 nitrogen and oxygen atoms in total. The maximum absolute atomic E-state index is 11.7. The maximum Gasteiger partial charge on any atom is 0.195 e. The topological polar surface area (TPSA) is 32.9 Å². The fourth-order valence-electron chi connectivity index (χ4n) is 1.06. The number of nitrogens with one attached hydrogen (secondary N) is 1. The van der Waals surface area contributed by atoms with Crippen LogP contribution in [0.1, 0.15) is 15.9 Å². The second kappa shape index (κ2) is 3.63. The second-order valence-electron chi connectivity index (χ2n) is 2.57. The molecule has 0 fully saturated rings. The smallest absolute Gasteiger partial charge is 0.195 e. The summed E-state index contributed by atoms with van der Waals surface area (Å²) in [6.07, 6.45) is 3.47. The lowest BCUT2D eigenvalue weighted by molar-refractivity contribution is 0.103. The third-order valence-corrected chi connectivity index (χ3v) is 3.48. The van der Waals surface area contributed by atoms with E-state index in [4.69, 9.17) is 0 Å². The summed E-state index contributed by atoms with van der Waals surface area (Å²) in [5, 5.41) is 1.89. The van der Waals surface area contributed by atoms with Crippen LogP contribution in [0.2, 0.25) is 0 Å². The van der Waals surface area contributed by atoms with E-state index in [1.54, 1.807) is 29.8 Å². The summed E-state index contributed by atoms with van der Waals surface area (Å²) < 4.78 is 1.14. The van der Waals surface area contributed by atoms with Crippen LogP contribution >= 0.6 is 33.9 Å². The van der Waals surface area contributed by atoms with Crippen LogP contribution in [-0.2, 0) is 0 Å².